The molecular weight excluding hydrogens is 300 g/mol. The molecule has 0 radical (unpaired) electrons. The Morgan fingerprint density at radius 2 is 1.50 bits per heavy atom. The van der Waals surface area contributed by atoms with Crippen molar-refractivity contribution in [1.29, 1.82) is 0 Å². The Morgan fingerprint density at radius 1 is 0.833 bits per heavy atom. The molecule has 0 fully saturated rings. The first kappa shape index (κ1) is 14.6. The molecule has 0 unspecified atom stereocenters. The summed E-state index contributed by atoms with van der Waals surface area (Å²) in [6.07, 6.45) is 1.92. The fraction of sp³-hybridized carbons (Fsp3) is 0.143. The Kier molecular flexibility index (Phi) is 3.42. The summed E-state index contributed by atoms with van der Waals surface area (Å²) in [7, 11) is 0. The van der Waals surface area contributed by atoms with Crippen molar-refractivity contribution in [3.05, 3.63) is 76.9 Å². The number of aryl methyl sites for hydroxylation is 2. The van der Waals surface area contributed by atoms with E-state index in [0.29, 0.717) is 16.9 Å². The molecule has 0 bridgehead atoms. The Hall–Kier alpha value is -2.94. The highest BCUT2D eigenvalue weighted by atomic mass is 16.5. The van der Waals surface area contributed by atoms with Crippen molar-refractivity contribution in [3.8, 4) is 5.75 Å². The van der Waals surface area contributed by atoms with E-state index in [2.05, 4.69) is 0 Å². The average Bonchev–Trinajstić information content (AvgIpc) is 3.02. The minimum atomic E-state index is -0.413. The maximum Gasteiger partial charge on any atom is 0.343 e. The van der Waals surface area contributed by atoms with Crippen LogP contribution in [-0.4, -0.2) is 11.8 Å². The van der Waals surface area contributed by atoms with E-state index < -0.39 is 5.97 Å². The Morgan fingerprint density at radius 3 is 2.17 bits per heavy atom. The van der Waals surface area contributed by atoms with Gasteiger partial charge in [-0.3, -0.25) is 4.79 Å². The maximum absolute atomic E-state index is 12.4. The van der Waals surface area contributed by atoms with E-state index in [1.165, 1.54) is 11.1 Å². The smallest absolute Gasteiger partial charge is 0.343 e. The van der Waals surface area contributed by atoms with Crippen molar-refractivity contribution in [1.82, 2.24) is 0 Å². The quantitative estimate of drug-likeness (QED) is 0.409. The maximum atomic E-state index is 12.4. The predicted octanol–water partition coefficient (Wildman–Crippen LogP) is 4.36. The van der Waals surface area contributed by atoms with Crippen LogP contribution in [-0.2, 0) is 12.8 Å². The molecule has 0 spiro atoms. The first-order valence-corrected chi connectivity index (χ1v) is 8.01. The van der Waals surface area contributed by atoms with Gasteiger partial charge in [0.25, 0.3) is 0 Å². The Balaban J connectivity index is 1.87. The van der Waals surface area contributed by atoms with Gasteiger partial charge in [0.2, 0.25) is 0 Å². The van der Waals surface area contributed by atoms with Crippen LogP contribution in [0.5, 0.6) is 5.75 Å². The van der Waals surface area contributed by atoms with Crippen molar-refractivity contribution >= 4 is 22.5 Å². The normalized spacial score (nSPS) is 12.4. The van der Waals surface area contributed by atoms with Crippen LogP contribution in [0.4, 0.5) is 0 Å². The molecular formula is C21H16O3. The second-order valence-electron chi connectivity index (χ2n) is 6.06. The summed E-state index contributed by atoms with van der Waals surface area (Å²) in [5.74, 6) is 0.0166. The van der Waals surface area contributed by atoms with Crippen molar-refractivity contribution in [3.63, 3.8) is 0 Å². The fourth-order valence-corrected chi connectivity index (χ4v) is 3.41. The van der Waals surface area contributed by atoms with Crippen LogP contribution in [0.3, 0.4) is 0 Å². The molecule has 0 saturated heterocycles. The number of ketones is 1. The lowest BCUT2D eigenvalue weighted by Crippen LogP contribution is -2.09. The number of carbonyl (C=O) groups is 2. The van der Waals surface area contributed by atoms with Gasteiger partial charge < -0.3 is 4.74 Å². The van der Waals surface area contributed by atoms with Crippen LogP contribution in [0.15, 0.2) is 54.6 Å². The largest absolute Gasteiger partial charge is 0.422 e. The number of esters is 1. The van der Waals surface area contributed by atoms with E-state index in [4.69, 9.17) is 4.74 Å². The van der Waals surface area contributed by atoms with Crippen LogP contribution in [0, 0.1) is 0 Å². The highest BCUT2D eigenvalue weighted by molar-refractivity contribution is 6.12. The number of hydrogen-bond donors (Lipinski definition) is 0. The molecule has 4 rings (SSSR count). The van der Waals surface area contributed by atoms with Crippen molar-refractivity contribution in [2.75, 3.05) is 0 Å². The van der Waals surface area contributed by atoms with Gasteiger partial charge in [0, 0.05) is 10.9 Å². The lowest BCUT2D eigenvalue weighted by Gasteiger charge is -2.12. The molecule has 0 atom stereocenters. The molecule has 3 aromatic carbocycles. The van der Waals surface area contributed by atoms with E-state index in [-0.39, 0.29) is 5.78 Å². The minimum absolute atomic E-state index is 0.0254. The monoisotopic (exact) mass is 316 g/mol. The lowest BCUT2D eigenvalue weighted by atomic mass is 9.97. The van der Waals surface area contributed by atoms with E-state index >= 15 is 0 Å². The number of carbonyl (C=O) groups excluding carboxylic acids is 2. The molecule has 3 heteroatoms. The zero-order valence-electron chi connectivity index (χ0n) is 13.3. The first-order valence-electron chi connectivity index (χ1n) is 8.01. The lowest BCUT2D eigenvalue weighted by molar-refractivity contribution is 0.0736. The molecule has 3 aromatic rings. The van der Waals surface area contributed by atoms with Gasteiger partial charge in [-0.1, -0.05) is 36.4 Å². The second-order valence-corrected chi connectivity index (χ2v) is 6.06. The van der Waals surface area contributed by atoms with Gasteiger partial charge in [-0.15, -0.1) is 0 Å². The molecule has 0 N–H and O–H groups in total. The fourth-order valence-electron chi connectivity index (χ4n) is 3.41. The zero-order chi connectivity index (χ0) is 16.7. The summed E-state index contributed by atoms with van der Waals surface area (Å²) in [6.45, 7) is 1.54. The number of Topliss-reactive ketones (excluding diaryl/α,β-unsaturated/α-hetero) is 1. The van der Waals surface area contributed by atoms with Crippen LogP contribution < -0.4 is 4.74 Å². The molecule has 24 heavy (non-hydrogen) atoms. The van der Waals surface area contributed by atoms with Crippen LogP contribution >= 0.6 is 0 Å². The number of rotatable bonds is 3. The standard InChI is InChI=1S/C21H16O3/c1-13(22)17-11-9-14-7-8-15-10-12-18(20(17)19(14)15)24-21(23)16-5-3-2-4-6-16/h2-6,9-12H,7-8H2,1H3. The molecule has 0 aliphatic heterocycles. The van der Waals surface area contributed by atoms with E-state index in [1.807, 2.05) is 24.3 Å². The SMILES string of the molecule is CC(=O)c1ccc2c3c(ccc(OC(=O)c4ccccc4)c13)CC2. The van der Waals surface area contributed by atoms with Crippen LogP contribution in [0.1, 0.15) is 38.8 Å². The topological polar surface area (TPSA) is 43.4 Å². The predicted molar refractivity (Wildman–Crippen MR) is 92.8 cm³/mol. The van der Waals surface area contributed by atoms with Gasteiger partial charge in [-0.05, 0) is 54.5 Å². The van der Waals surface area contributed by atoms with Crippen LogP contribution in [0.25, 0.3) is 10.8 Å². The molecule has 1 aliphatic carbocycles. The highest BCUT2D eigenvalue weighted by Crippen LogP contribution is 2.39. The van der Waals surface area contributed by atoms with Crippen molar-refractivity contribution < 1.29 is 14.3 Å². The molecule has 0 aromatic heterocycles. The Bertz CT molecular complexity index is 961. The summed E-state index contributed by atoms with van der Waals surface area (Å²) in [5, 5.41) is 1.83. The van der Waals surface area contributed by atoms with Gasteiger partial charge >= 0.3 is 5.97 Å². The molecule has 118 valence electrons. The summed E-state index contributed by atoms with van der Waals surface area (Å²) in [4.78, 5) is 24.5. The molecule has 3 nitrogen and oxygen atoms in total. The first-order chi connectivity index (χ1) is 11.6. The van der Waals surface area contributed by atoms with Crippen LogP contribution in [0.2, 0.25) is 0 Å². The van der Waals surface area contributed by atoms with E-state index in [0.717, 1.165) is 23.6 Å². The van der Waals surface area contributed by atoms with Gasteiger partial charge in [0.15, 0.2) is 5.78 Å². The van der Waals surface area contributed by atoms with Crippen molar-refractivity contribution in [2.45, 2.75) is 19.8 Å². The van der Waals surface area contributed by atoms with Crippen molar-refractivity contribution in [2.24, 2.45) is 0 Å². The summed E-state index contributed by atoms with van der Waals surface area (Å²) >= 11 is 0. The minimum Gasteiger partial charge on any atom is -0.422 e. The third-order valence-corrected chi connectivity index (χ3v) is 4.55. The van der Waals surface area contributed by atoms with E-state index in [1.54, 1.807) is 37.3 Å². The average molecular weight is 316 g/mol. The van der Waals surface area contributed by atoms with Gasteiger partial charge in [0.05, 0.1) is 5.56 Å². The second kappa shape index (κ2) is 5.60. The molecule has 0 saturated carbocycles. The third kappa shape index (κ3) is 2.29. The third-order valence-electron chi connectivity index (χ3n) is 4.55. The summed E-state index contributed by atoms with van der Waals surface area (Å²) in [6, 6.07) is 16.5. The Labute approximate surface area is 139 Å². The van der Waals surface area contributed by atoms with E-state index in [9.17, 15) is 9.59 Å². The number of ether oxygens (including phenoxy) is 1. The number of benzene rings is 3. The summed E-state index contributed by atoms with van der Waals surface area (Å²) < 4.78 is 5.65. The van der Waals surface area contributed by atoms with Gasteiger partial charge in [-0.25, -0.2) is 4.79 Å². The summed E-state index contributed by atoms with van der Waals surface area (Å²) in [5.41, 5.74) is 3.52. The number of hydrogen-bond acceptors (Lipinski definition) is 3. The van der Waals surface area contributed by atoms with Gasteiger partial charge in [0.1, 0.15) is 5.75 Å². The molecule has 1 aliphatic rings. The highest BCUT2D eigenvalue weighted by Gasteiger charge is 2.22. The van der Waals surface area contributed by atoms with Gasteiger partial charge in [-0.2, -0.15) is 0 Å². The molecule has 0 amide bonds. The molecule has 0 heterocycles. The zero-order valence-corrected chi connectivity index (χ0v) is 13.3.